The van der Waals surface area contributed by atoms with Crippen LogP contribution in [0.25, 0.3) is 11.4 Å². The van der Waals surface area contributed by atoms with Crippen LogP contribution in [0, 0.1) is 5.92 Å². The van der Waals surface area contributed by atoms with Gasteiger partial charge in [-0.05, 0) is 30.9 Å². The van der Waals surface area contributed by atoms with Gasteiger partial charge in [0.05, 0.1) is 25.1 Å². The van der Waals surface area contributed by atoms with Gasteiger partial charge in [-0.3, -0.25) is 4.79 Å². The third-order valence-electron chi connectivity index (χ3n) is 5.84. The van der Waals surface area contributed by atoms with Gasteiger partial charge in [-0.25, -0.2) is 9.78 Å². The average molecular weight is 416 g/mol. The Morgan fingerprint density at radius 2 is 2.03 bits per heavy atom. The van der Waals surface area contributed by atoms with Gasteiger partial charge in [0.1, 0.15) is 5.56 Å². The summed E-state index contributed by atoms with van der Waals surface area (Å²) in [6, 6.07) is 3.27. The molecule has 0 aliphatic carbocycles. The van der Waals surface area contributed by atoms with Crippen LogP contribution in [0.4, 0.5) is 0 Å². The lowest BCUT2D eigenvalue weighted by molar-refractivity contribution is 0.0693. The van der Waals surface area contributed by atoms with E-state index in [9.17, 15) is 14.7 Å². The number of aromatic carboxylic acids is 1. The molecule has 30 heavy (non-hydrogen) atoms. The molecule has 0 bridgehead atoms. The first-order valence-electron chi connectivity index (χ1n) is 9.93. The lowest BCUT2D eigenvalue weighted by atomic mass is 9.78. The molecule has 2 aromatic rings. The van der Waals surface area contributed by atoms with Gasteiger partial charge in [0, 0.05) is 37.9 Å². The summed E-state index contributed by atoms with van der Waals surface area (Å²) in [7, 11) is 3.15. The predicted molar refractivity (Wildman–Crippen MR) is 112 cm³/mol. The number of carbonyl (C=O) groups is 1. The highest BCUT2D eigenvalue weighted by Gasteiger charge is 2.38. The Bertz CT molecular complexity index is 1010. The first-order valence-corrected chi connectivity index (χ1v) is 9.93. The highest BCUT2D eigenvalue weighted by atomic mass is 16.5. The van der Waals surface area contributed by atoms with Gasteiger partial charge in [0.2, 0.25) is 0 Å². The fourth-order valence-electron chi connectivity index (χ4n) is 3.76. The number of carboxylic acid groups (broad SMARTS) is 1. The van der Waals surface area contributed by atoms with E-state index in [4.69, 9.17) is 14.2 Å². The van der Waals surface area contributed by atoms with Crippen molar-refractivity contribution in [2.24, 2.45) is 5.92 Å². The van der Waals surface area contributed by atoms with E-state index in [-0.39, 0.29) is 11.5 Å². The maximum absolute atomic E-state index is 12.5. The topological polar surface area (TPSA) is 99.9 Å². The van der Waals surface area contributed by atoms with Crippen molar-refractivity contribution in [3.8, 4) is 23.0 Å². The molecule has 0 saturated carbocycles. The molecule has 2 aromatic heterocycles. The van der Waals surface area contributed by atoms with Crippen molar-refractivity contribution < 1.29 is 24.1 Å². The first kappa shape index (κ1) is 21.8. The number of pyridine rings is 2. The maximum atomic E-state index is 12.5. The Labute approximate surface area is 175 Å². The van der Waals surface area contributed by atoms with Gasteiger partial charge in [0.15, 0.2) is 11.2 Å². The molecule has 1 N–H and O–H groups in total. The summed E-state index contributed by atoms with van der Waals surface area (Å²) in [6.07, 6.45) is 2.78. The van der Waals surface area contributed by atoms with Gasteiger partial charge in [0.25, 0.3) is 5.88 Å². The van der Waals surface area contributed by atoms with E-state index in [0.717, 1.165) is 12.0 Å². The zero-order valence-corrected chi connectivity index (χ0v) is 18.0. The van der Waals surface area contributed by atoms with Gasteiger partial charge in [-0.2, -0.15) is 0 Å². The molecular formula is C22H28N2O6. The maximum Gasteiger partial charge on any atom is 0.341 e. The molecule has 8 nitrogen and oxygen atoms in total. The van der Waals surface area contributed by atoms with E-state index in [1.54, 1.807) is 7.11 Å². The summed E-state index contributed by atoms with van der Waals surface area (Å²) in [5.74, 6) is -0.212. The highest BCUT2D eigenvalue weighted by Crippen LogP contribution is 2.43. The van der Waals surface area contributed by atoms with E-state index in [1.165, 1.54) is 19.4 Å². The molecule has 3 rings (SSSR count). The number of hydrogen-bond donors (Lipinski definition) is 1. The number of aromatic nitrogens is 2. The smallest absolute Gasteiger partial charge is 0.341 e. The van der Waals surface area contributed by atoms with Crippen LogP contribution in [0.5, 0.6) is 11.6 Å². The van der Waals surface area contributed by atoms with E-state index < -0.39 is 16.9 Å². The Morgan fingerprint density at radius 3 is 2.63 bits per heavy atom. The van der Waals surface area contributed by atoms with Crippen LogP contribution in [0.3, 0.4) is 0 Å². The van der Waals surface area contributed by atoms with Crippen LogP contribution in [-0.4, -0.2) is 48.1 Å². The van der Waals surface area contributed by atoms with E-state index >= 15 is 0 Å². The van der Waals surface area contributed by atoms with Crippen LogP contribution in [0.1, 0.15) is 43.1 Å². The SMILES string of the molecule is COCCCOc1cc2c(nc1OC)-c1cc(=O)c(C(=O)O)cn1[C@@](C)(C(C)C)C2. The fourth-order valence-corrected chi connectivity index (χ4v) is 3.76. The molecule has 0 amide bonds. The molecule has 162 valence electrons. The highest BCUT2D eigenvalue weighted by molar-refractivity contribution is 5.87. The van der Waals surface area contributed by atoms with Crippen molar-refractivity contribution in [3.63, 3.8) is 0 Å². The zero-order valence-electron chi connectivity index (χ0n) is 18.0. The number of ether oxygens (including phenoxy) is 3. The fraction of sp³-hybridized carbons (Fsp3) is 0.500. The molecular weight excluding hydrogens is 388 g/mol. The molecule has 1 aliphatic heterocycles. The van der Waals surface area contributed by atoms with Crippen LogP contribution in [-0.2, 0) is 16.7 Å². The van der Waals surface area contributed by atoms with Crippen molar-refractivity contribution in [1.29, 1.82) is 0 Å². The largest absolute Gasteiger partial charge is 0.488 e. The van der Waals surface area contributed by atoms with E-state index in [0.29, 0.717) is 42.7 Å². The minimum Gasteiger partial charge on any atom is -0.488 e. The predicted octanol–water partition coefficient (Wildman–Crippen LogP) is 2.96. The number of carboxylic acids is 1. The van der Waals surface area contributed by atoms with Gasteiger partial charge in [-0.1, -0.05) is 13.8 Å². The van der Waals surface area contributed by atoms with Crippen LogP contribution >= 0.6 is 0 Å². The molecule has 0 fully saturated rings. The summed E-state index contributed by atoms with van der Waals surface area (Å²) < 4.78 is 18.2. The molecule has 0 radical (unpaired) electrons. The van der Waals surface area contributed by atoms with Gasteiger partial charge in [-0.15, -0.1) is 0 Å². The number of rotatable bonds is 8. The van der Waals surface area contributed by atoms with Crippen molar-refractivity contribution in [2.75, 3.05) is 27.4 Å². The lowest BCUT2D eigenvalue weighted by Gasteiger charge is -2.42. The average Bonchev–Trinajstić information content (AvgIpc) is 2.70. The Kier molecular flexibility index (Phi) is 6.17. The van der Waals surface area contributed by atoms with Crippen LogP contribution in [0.2, 0.25) is 0 Å². The molecule has 0 spiro atoms. The first-order chi connectivity index (χ1) is 14.2. The number of nitrogens with zero attached hydrogens (tertiary/aromatic N) is 2. The zero-order chi connectivity index (χ0) is 22.1. The number of fused-ring (bicyclic) bond motifs is 3. The lowest BCUT2D eigenvalue weighted by Crippen LogP contribution is -2.43. The van der Waals surface area contributed by atoms with Crippen molar-refractivity contribution >= 4 is 5.97 Å². The summed E-state index contributed by atoms with van der Waals surface area (Å²) in [5.41, 5.74) is 0.864. The second kappa shape index (κ2) is 8.47. The van der Waals surface area contributed by atoms with Gasteiger partial charge < -0.3 is 23.9 Å². The summed E-state index contributed by atoms with van der Waals surface area (Å²) in [5, 5.41) is 9.44. The van der Waals surface area contributed by atoms with Crippen molar-refractivity contribution in [2.45, 2.75) is 39.2 Å². The second-order valence-corrected chi connectivity index (χ2v) is 8.00. The van der Waals surface area contributed by atoms with Crippen LogP contribution < -0.4 is 14.9 Å². The normalized spacial score (nSPS) is 17.4. The minimum atomic E-state index is -1.24. The molecule has 1 aliphatic rings. The molecule has 3 heterocycles. The second-order valence-electron chi connectivity index (χ2n) is 8.00. The molecule has 0 saturated heterocycles. The third kappa shape index (κ3) is 3.79. The molecule has 0 unspecified atom stereocenters. The Morgan fingerprint density at radius 1 is 1.30 bits per heavy atom. The van der Waals surface area contributed by atoms with Gasteiger partial charge >= 0.3 is 5.97 Å². The summed E-state index contributed by atoms with van der Waals surface area (Å²) >= 11 is 0. The quantitative estimate of drug-likeness (QED) is 0.661. The monoisotopic (exact) mass is 416 g/mol. The van der Waals surface area contributed by atoms with E-state index in [2.05, 4.69) is 25.8 Å². The third-order valence-corrected chi connectivity index (χ3v) is 5.84. The van der Waals surface area contributed by atoms with Crippen molar-refractivity contribution in [1.82, 2.24) is 9.55 Å². The Balaban J connectivity index is 2.17. The summed E-state index contributed by atoms with van der Waals surface area (Å²) in [6.45, 7) is 7.26. The molecule has 8 heteroatoms. The van der Waals surface area contributed by atoms with E-state index in [1.807, 2.05) is 10.6 Å². The van der Waals surface area contributed by atoms with Crippen molar-refractivity contribution in [3.05, 3.63) is 39.7 Å². The molecule has 0 aromatic carbocycles. The van der Waals surface area contributed by atoms with Crippen LogP contribution in [0.15, 0.2) is 23.1 Å². The standard InChI is InChI=1S/C22H28N2O6/c1-13(2)22(3)11-14-9-18(30-8-6-7-28-4)20(29-5)23-19(14)16-10-17(25)15(21(26)27)12-24(16)22/h9-10,12-13H,6-8,11H2,1-5H3,(H,26,27)/t22-/m1/s1. The Hall–Kier alpha value is -2.87. The number of methoxy groups -OCH3 is 2. The summed E-state index contributed by atoms with van der Waals surface area (Å²) in [4.78, 5) is 28.6. The minimum absolute atomic E-state index is 0.168. The molecule has 1 atom stereocenters. The number of hydrogen-bond acceptors (Lipinski definition) is 6.